The summed E-state index contributed by atoms with van der Waals surface area (Å²) >= 11 is 0. The van der Waals surface area contributed by atoms with E-state index in [0.29, 0.717) is 12.2 Å². The molecule has 2 nitrogen and oxygen atoms in total. The van der Waals surface area contributed by atoms with E-state index in [2.05, 4.69) is 12.2 Å². The molecule has 0 heterocycles. The summed E-state index contributed by atoms with van der Waals surface area (Å²) in [4.78, 5) is 0. The summed E-state index contributed by atoms with van der Waals surface area (Å²) in [6, 6.07) is 0.814. The van der Waals surface area contributed by atoms with Gasteiger partial charge in [0, 0.05) is 12.6 Å². The van der Waals surface area contributed by atoms with E-state index in [4.69, 9.17) is 4.74 Å². The molecule has 2 heteroatoms. The van der Waals surface area contributed by atoms with Crippen LogP contribution >= 0.6 is 0 Å². The Labute approximate surface area is 93.8 Å². The minimum atomic E-state index is 0.452. The lowest BCUT2D eigenvalue weighted by Crippen LogP contribution is -2.33. The molecule has 0 aromatic heterocycles. The van der Waals surface area contributed by atoms with Gasteiger partial charge in [0.2, 0.25) is 0 Å². The zero-order chi connectivity index (χ0) is 10.5. The first-order valence-electron chi connectivity index (χ1n) is 6.77. The van der Waals surface area contributed by atoms with Crippen molar-refractivity contribution >= 4 is 0 Å². The average Bonchev–Trinajstić information content (AvgIpc) is 3.09. The molecule has 2 aliphatic rings. The number of hydrogen-bond donors (Lipinski definition) is 1. The van der Waals surface area contributed by atoms with Gasteiger partial charge < -0.3 is 10.1 Å². The van der Waals surface area contributed by atoms with Crippen molar-refractivity contribution in [1.82, 2.24) is 5.32 Å². The van der Waals surface area contributed by atoms with Crippen LogP contribution in [0.3, 0.4) is 0 Å². The van der Waals surface area contributed by atoms with Crippen molar-refractivity contribution < 1.29 is 4.74 Å². The minimum Gasteiger partial charge on any atom is -0.374 e. The molecule has 0 bridgehead atoms. The van der Waals surface area contributed by atoms with Crippen LogP contribution in [0.25, 0.3) is 0 Å². The van der Waals surface area contributed by atoms with Crippen LogP contribution in [0, 0.1) is 0 Å². The maximum absolute atomic E-state index is 6.16. The van der Waals surface area contributed by atoms with E-state index < -0.39 is 0 Å². The molecule has 2 saturated carbocycles. The summed E-state index contributed by atoms with van der Waals surface area (Å²) in [7, 11) is 0. The Hall–Kier alpha value is -0.0800. The molecular weight excluding hydrogens is 186 g/mol. The van der Waals surface area contributed by atoms with Gasteiger partial charge in [-0.25, -0.2) is 0 Å². The Kier molecular flexibility index (Phi) is 4.45. The van der Waals surface area contributed by atoms with E-state index in [0.717, 1.165) is 19.0 Å². The van der Waals surface area contributed by atoms with Crippen molar-refractivity contribution in [3.63, 3.8) is 0 Å². The highest BCUT2D eigenvalue weighted by Gasteiger charge is 2.23. The van der Waals surface area contributed by atoms with Crippen molar-refractivity contribution in [3.05, 3.63) is 0 Å². The fourth-order valence-corrected chi connectivity index (χ4v) is 2.35. The summed E-state index contributed by atoms with van der Waals surface area (Å²) in [5, 5.41) is 3.57. The number of nitrogens with one attached hydrogen (secondary N) is 1. The third-order valence-electron chi connectivity index (χ3n) is 3.60. The Morgan fingerprint density at radius 1 is 1.13 bits per heavy atom. The topological polar surface area (TPSA) is 21.3 Å². The van der Waals surface area contributed by atoms with Crippen molar-refractivity contribution in [2.45, 2.75) is 76.5 Å². The van der Waals surface area contributed by atoms with Crippen molar-refractivity contribution in [2.24, 2.45) is 0 Å². The second-order valence-corrected chi connectivity index (χ2v) is 5.11. The van der Waals surface area contributed by atoms with E-state index >= 15 is 0 Å². The molecule has 0 aliphatic heterocycles. The van der Waals surface area contributed by atoms with Gasteiger partial charge in [-0.1, -0.05) is 26.2 Å². The molecule has 0 spiro atoms. The van der Waals surface area contributed by atoms with Crippen LogP contribution in [0.1, 0.15) is 58.3 Å². The van der Waals surface area contributed by atoms with Gasteiger partial charge in [-0.15, -0.1) is 0 Å². The molecule has 2 aliphatic carbocycles. The Morgan fingerprint density at radius 3 is 2.47 bits per heavy atom. The zero-order valence-corrected chi connectivity index (χ0v) is 10.0. The van der Waals surface area contributed by atoms with Gasteiger partial charge in [-0.2, -0.15) is 0 Å². The van der Waals surface area contributed by atoms with Gasteiger partial charge >= 0.3 is 0 Å². The average molecular weight is 211 g/mol. The fourth-order valence-electron chi connectivity index (χ4n) is 2.35. The van der Waals surface area contributed by atoms with E-state index in [-0.39, 0.29) is 0 Å². The molecule has 0 saturated heterocycles. The van der Waals surface area contributed by atoms with Crippen LogP contribution in [0.2, 0.25) is 0 Å². The normalized spacial score (nSPS) is 25.4. The maximum Gasteiger partial charge on any atom is 0.0700 e. The molecule has 0 radical (unpaired) electrons. The van der Waals surface area contributed by atoms with Gasteiger partial charge in [0.25, 0.3) is 0 Å². The quantitative estimate of drug-likeness (QED) is 0.729. The summed E-state index contributed by atoms with van der Waals surface area (Å²) in [6.45, 7) is 3.31. The van der Waals surface area contributed by atoms with E-state index in [1.807, 2.05) is 0 Å². The van der Waals surface area contributed by atoms with Crippen LogP contribution in [0.4, 0.5) is 0 Å². The highest BCUT2D eigenvalue weighted by atomic mass is 16.5. The van der Waals surface area contributed by atoms with Crippen LogP contribution in [0.15, 0.2) is 0 Å². The summed E-state index contributed by atoms with van der Waals surface area (Å²) in [5.41, 5.74) is 0. The van der Waals surface area contributed by atoms with E-state index in [1.54, 1.807) is 0 Å². The van der Waals surface area contributed by atoms with Crippen molar-refractivity contribution in [1.29, 1.82) is 0 Å². The fraction of sp³-hybridized carbons (Fsp3) is 1.00. The first-order valence-corrected chi connectivity index (χ1v) is 6.77. The summed E-state index contributed by atoms with van der Waals surface area (Å²) in [5.74, 6) is 0. The Morgan fingerprint density at radius 2 is 1.87 bits per heavy atom. The SMILES string of the molecule is CCC(CNC1CC1)OC1CCCCC1. The largest absolute Gasteiger partial charge is 0.374 e. The monoisotopic (exact) mass is 211 g/mol. The lowest BCUT2D eigenvalue weighted by molar-refractivity contribution is -0.0303. The third kappa shape index (κ3) is 4.12. The van der Waals surface area contributed by atoms with Gasteiger partial charge in [0.1, 0.15) is 0 Å². The molecular formula is C13H25NO. The second-order valence-electron chi connectivity index (χ2n) is 5.11. The smallest absolute Gasteiger partial charge is 0.0700 e. The molecule has 2 fully saturated rings. The molecule has 15 heavy (non-hydrogen) atoms. The Bertz CT molecular complexity index is 173. The van der Waals surface area contributed by atoms with Crippen LogP contribution in [-0.2, 0) is 4.74 Å². The summed E-state index contributed by atoms with van der Waals surface area (Å²) in [6.07, 6.45) is 11.7. The van der Waals surface area contributed by atoms with E-state index in [9.17, 15) is 0 Å². The van der Waals surface area contributed by atoms with E-state index in [1.165, 1.54) is 44.9 Å². The predicted molar refractivity (Wildman–Crippen MR) is 63.1 cm³/mol. The van der Waals surface area contributed by atoms with Gasteiger partial charge in [0.15, 0.2) is 0 Å². The Balaban J connectivity index is 1.63. The standard InChI is InChI=1S/C13H25NO/c1-2-12(10-14-11-8-9-11)15-13-6-4-3-5-7-13/h11-14H,2-10H2,1H3. The highest BCUT2D eigenvalue weighted by Crippen LogP contribution is 2.23. The zero-order valence-electron chi connectivity index (χ0n) is 10.0. The van der Waals surface area contributed by atoms with Crippen LogP contribution in [0.5, 0.6) is 0 Å². The maximum atomic E-state index is 6.16. The lowest BCUT2D eigenvalue weighted by atomic mass is 9.97. The minimum absolute atomic E-state index is 0.452. The third-order valence-corrected chi connectivity index (χ3v) is 3.60. The lowest BCUT2D eigenvalue weighted by Gasteiger charge is -2.27. The van der Waals surface area contributed by atoms with Gasteiger partial charge in [-0.3, -0.25) is 0 Å². The molecule has 0 amide bonds. The second kappa shape index (κ2) is 5.86. The van der Waals surface area contributed by atoms with Crippen molar-refractivity contribution in [2.75, 3.05) is 6.54 Å². The molecule has 88 valence electrons. The highest BCUT2D eigenvalue weighted by molar-refractivity contribution is 4.82. The first kappa shape index (κ1) is 11.4. The predicted octanol–water partition coefficient (Wildman–Crippen LogP) is 2.87. The van der Waals surface area contributed by atoms with Gasteiger partial charge in [0.05, 0.1) is 12.2 Å². The van der Waals surface area contributed by atoms with Crippen LogP contribution in [-0.4, -0.2) is 24.8 Å². The molecule has 2 rings (SSSR count). The molecule has 0 aromatic carbocycles. The molecule has 1 N–H and O–H groups in total. The summed E-state index contributed by atoms with van der Waals surface area (Å²) < 4.78 is 6.16. The molecule has 1 atom stereocenters. The molecule has 1 unspecified atom stereocenters. The van der Waals surface area contributed by atoms with Crippen molar-refractivity contribution in [3.8, 4) is 0 Å². The van der Waals surface area contributed by atoms with Gasteiger partial charge in [-0.05, 0) is 32.1 Å². The van der Waals surface area contributed by atoms with Crippen LogP contribution < -0.4 is 5.32 Å². The number of hydrogen-bond acceptors (Lipinski definition) is 2. The molecule has 0 aromatic rings. The number of ether oxygens (including phenoxy) is 1. The number of rotatable bonds is 6. The first-order chi connectivity index (χ1) is 7.38.